The highest BCUT2D eigenvalue weighted by molar-refractivity contribution is 7.99. The van der Waals surface area contributed by atoms with Crippen molar-refractivity contribution in [2.75, 3.05) is 20.0 Å². The van der Waals surface area contributed by atoms with Crippen molar-refractivity contribution in [1.82, 2.24) is 19.2 Å². The molecule has 33 heavy (non-hydrogen) atoms. The third-order valence-electron chi connectivity index (χ3n) is 5.58. The molecule has 172 valence electrons. The predicted octanol–water partition coefficient (Wildman–Crippen LogP) is 3.22. The van der Waals surface area contributed by atoms with Gasteiger partial charge in [0.1, 0.15) is 10.6 Å². The summed E-state index contributed by atoms with van der Waals surface area (Å²) in [4.78, 5) is 27.4. The van der Waals surface area contributed by atoms with Gasteiger partial charge in [-0.05, 0) is 43.7 Å². The molecular formula is C22H22N4O5S2. The summed E-state index contributed by atoms with van der Waals surface area (Å²) in [5.41, 5.74) is 1.12. The Labute approximate surface area is 197 Å². The Bertz CT molecular complexity index is 1440. The molecule has 1 aliphatic heterocycles. The number of carbonyl (C=O) groups is 1. The molecule has 0 fully saturated rings. The number of hydrogen-bond acceptors (Lipinski definition) is 9. The Morgan fingerprint density at radius 2 is 2.00 bits per heavy atom. The number of thiophene rings is 1. The molecule has 1 aliphatic rings. The van der Waals surface area contributed by atoms with E-state index in [0.717, 1.165) is 15.3 Å². The van der Waals surface area contributed by atoms with E-state index in [2.05, 4.69) is 10.2 Å². The third-order valence-corrected chi connectivity index (χ3v) is 7.68. The van der Waals surface area contributed by atoms with Crippen LogP contribution in [0.25, 0.3) is 21.7 Å². The number of thioether (sulfide) groups is 1. The Morgan fingerprint density at radius 3 is 2.70 bits per heavy atom. The van der Waals surface area contributed by atoms with Crippen molar-refractivity contribution in [1.29, 1.82) is 0 Å². The number of esters is 1. The molecule has 0 radical (unpaired) electrons. The Hall–Kier alpha value is -2.89. The number of hydrogen-bond donors (Lipinski definition) is 0. The van der Waals surface area contributed by atoms with Crippen LogP contribution in [0.3, 0.4) is 0 Å². The molecule has 0 atom stereocenters. The van der Waals surface area contributed by atoms with Crippen molar-refractivity contribution in [3.8, 4) is 11.4 Å². The summed E-state index contributed by atoms with van der Waals surface area (Å²) in [5.74, 6) is 0.786. The van der Waals surface area contributed by atoms with Gasteiger partial charge in [-0.15, -0.1) is 21.5 Å². The summed E-state index contributed by atoms with van der Waals surface area (Å²) in [5, 5.41) is 9.79. The van der Waals surface area contributed by atoms with Crippen LogP contribution in [-0.2, 0) is 27.3 Å². The smallest absolute Gasteiger partial charge is 0.316 e. The van der Waals surface area contributed by atoms with Gasteiger partial charge in [-0.2, -0.15) is 0 Å². The van der Waals surface area contributed by atoms with Gasteiger partial charge < -0.3 is 14.2 Å². The van der Waals surface area contributed by atoms with Gasteiger partial charge in [0.25, 0.3) is 5.56 Å². The van der Waals surface area contributed by atoms with Crippen molar-refractivity contribution >= 4 is 45.1 Å². The third kappa shape index (κ3) is 3.69. The fraction of sp³-hybridized carbons (Fsp3) is 0.364. The lowest BCUT2D eigenvalue weighted by Gasteiger charge is -2.29. The summed E-state index contributed by atoms with van der Waals surface area (Å²) >= 11 is 2.73. The standard InChI is InChI=1S/C22H22N4O5S2/c1-22(2)9-14-15(10-31-22)33-19-17(14)18(28)25(12-5-7-13(29-3)8-6-12)20-23-24-21(26(19)20)32-11-16(27)30-4/h5-8H,9-11H2,1-4H3. The normalized spacial score (nSPS) is 15.0. The van der Waals surface area contributed by atoms with Crippen LogP contribution >= 0.6 is 23.1 Å². The second-order valence-corrected chi connectivity index (χ2v) is 10.3. The quantitative estimate of drug-likeness (QED) is 0.313. The summed E-state index contributed by atoms with van der Waals surface area (Å²) < 4.78 is 19.5. The van der Waals surface area contributed by atoms with Crippen LogP contribution in [0.1, 0.15) is 24.3 Å². The molecule has 0 bridgehead atoms. The molecule has 0 N–H and O–H groups in total. The first-order valence-electron chi connectivity index (χ1n) is 10.3. The number of methoxy groups -OCH3 is 2. The number of ether oxygens (including phenoxy) is 3. The molecule has 4 heterocycles. The van der Waals surface area contributed by atoms with Gasteiger partial charge in [0.15, 0.2) is 5.16 Å². The van der Waals surface area contributed by atoms with Gasteiger partial charge in [-0.25, -0.2) is 8.97 Å². The zero-order valence-electron chi connectivity index (χ0n) is 18.6. The molecule has 9 nitrogen and oxygen atoms in total. The largest absolute Gasteiger partial charge is 0.497 e. The fourth-order valence-electron chi connectivity index (χ4n) is 3.94. The second kappa shape index (κ2) is 8.15. The van der Waals surface area contributed by atoms with Gasteiger partial charge in [0.05, 0.1) is 43.3 Å². The Balaban J connectivity index is 1.81. The average molecular weight is 487 g/mol. The Morgan fingerprint density at radius 1 is 1.24 bits per heavy atom. The van der Waals surface area contributed by atoms with Crippen molar-refractivity contribution < 1.29 is 19.0 Å². The van der Waals surface area contributed by atoms with E-state index in [0.29, 0.717) is 40.8 Å². The minimum atomic E-state index is -0.372. The number of aromatic nitrogens is 4. The van der Waals surface area contributed by atoms with Crippen LogP contribution in [-0.4, -0.2) is 50.7 Å². The van der Waals surface area contributed by atoms with E-state index in [-0.39, 0.29) is 22.9 Å². The molecule has 4 aromatic rings. The highest BCUT2D eigenvalue weighted by Gasteiger charge is 2.32. The van der Waals surface area contributed by atoms with Crippen molar-refractivity contribution in [2.45, 2.75) is 37.6 Å². The van der Waals surface area contributed by atoms with E-state index >= 15 is 0 Å². The molecule has 0 aliphatic carbocycles. The van der Waals surface area contributed by atoms with Crippen LogP contribution in [0.15, 0.2) is 34.2 Å². The van der Waals surface area contributed by atoms with E-state index in [1.165, 1.54) is 30.2 Å². The minimum Gasteiger partial charge on any atom is -0.497 e. The first-order chi connectivity index (χ1) is 15.8. The van der Waals surface area contributed by atoms with Crippen molar-refractivity contribution in [3.63, 3.8) is 0 Å². The number of carbonyl (C=O) groups excluding carboxylic acids is 1. The van der Waals surface area contributed by atoms with Gasteiger partial charge in [0.2, 0.25) is 5.78 Å². The highest BCUT2D eigenvalue weighted by atomic mass is 32.2. The molecule has 0 amide bonds. The van der Waals surface area contributed by atoms with Crippen LogP contribution in [0, 0.1) is 0 Å². The SMILES string of the molecule is COC(=O)CSc1nnc2n(-c3ccc(OC)cc3)c(=O)c3c4c(sc3n12)COC(C)(C)C4. The minimum absolute atomic E-state index is 0.0850. The predicted molar refractivity (Wildman–Crippen MR) is 126 cm³/mol. The maximum atomic E-state index is 13.9. The molecule has 11 heteroatoms. The maximum Gasteiger partial charge on any atom is 0.316 e. The van der Waals surface area contributed by atoms with Gasteiger partial charge in [0, 0.05) is 11.3 Å². The van der Waals surface area contributed by atoms with Crippen LogP contribution in [0.2, 0.25) is 0 Å². The van der Waals surface area contributed by atoms with E-state index in [1.807, 2.05) is 30.4 Å². The molecule has 0 saturated carbocycles. The molecule has 0 saturated heterocycles. The summed E-state index contributed by atoms with van der Waals surface area (Å²) in [7, 11) is 2.94. The summed E-state index contributed by atoms with van der Waals surface area (Å²) in [6.07, 6.45) is 0.623. The van der Waals surface area contributed by atoms with E-state index in [9.17, 15) is 9.59 Å². The fourth-order valence-corrected chi connectivity index (χ4v) is 5.99. The first-order valence-corrected chi connectivity index (χ1v) is 12.1. The van der Waals surface area contributed by atoms with Gasteiger partial charge >= 0.3 is 5.97 Å². The number of benzene rings is 1. The topological polar surface area (TPSA) is 97.0 Å². The Kier molecular flexibility index (Phi) is 5.42. The molecule has 3 aromatic heterocycles. The molecule has 1 aromatic carbocycles. The lowest BCUT2D eigenvalue weighted by atomic mass is 9.94. The number of fused-ring (bicyclic) bond motifs is 5. The number of rotatable bonds is 5. The monoisotopic (exact) mass is 486 g/mol. The molecule has 0 spiro atoms. The van der Waals surface area contributed by atoms with E-state index in [4.69, 9.17) is 14.2 Å². The van der Waals surface area contributed by atoms with E-state index in [1.54, 1.807) is 23.8 Å². The average Bonchev–Trinajstić information content (AvgIpc) is 3.38. The molecule has 5 rings (SSSR count). The van der Waals surface area contributed by atoms with Crippen LogP contribution in [0.4, 0.5) is 0 Å². The van der Waals surface area contributed by atoms with Crippen LogP contribution < -0.4 is 10.3 Å². The lowest BCUT2D eigenvalue weighted by molar-refractivity contribution is -0.137. The van der Waals surface area contributed by atoms with Gasteiger partial charge in [-0.1, -0.05) is 11.8 Å². The second-order valence-electron chi connectivity index (χ2n) is 8.23. The molecule has 0 unspecified atom stereocenters. The lowest BCUT2D eigenvalue weighted by Crippen LogP contribution is -2.32. The van der Waals surface area contributed by atoms with Gasteiger partial charge in [-0.3, -0.25) is 9.59 Å². The first kappa shape index (κ1) is 21.9. The zero-order valence-corrected chi connectivity index (χ0v) is 20.2. The van der Waals surface area contributed by atoms with E-state index < -0.39 is 0 Å². The molecular weight excluding hydrogens is 464 g/mol. The summed E-state index contributed by atoms with van der Waals surface area (Å²) in [6, 6.07) is 7.22. The highest BCUT2D eigenvalue weighted by Crippen LogP contribution is 2.39. The maximum absolute atomic E-state index is 13.9. The summed E-state index contributed by atoms with van der Waals surface area (Å²) in [6.45, 7) is 4.49. The van der Waals surface area contributed by atoms with Crippen LogP contribution in [0.5, 0.6) is 5.75 Å². The van der Waals surface area contributed by atoms with Crippen molar-refractivity contribution in [2.24, 2.45) is 0 Å². The number of nitrogens with zero attached hydrogens (tertiary/aromatic N) is 4. The van der Waals surface area contributed by atoms with Crippen molar-refractivity contribution in [3.05, 3.63) is 45.1 Å². The zero-order chi connectivity index (χ0) is 23.3.